The number of halogens is 1. The molecule has 1 aromatic heterocycles. The number of nitrogens with one attached hydrogen (secondary N) is 3. The van der Waals surface area contributed by atoms with Crippen molar-refractivity contribution in [3.63, 3.8) is 0 Å². The number of carbonyl (C=O) groups is 2. The molecule has 1 fully saturated rings. The van der Waals surface area contributed by atoms with E-state index in [1.165, 1.54) is 6.07 Å². The van der Waals surface area contributed by atoms with Gasteiger partial charge < -0.3 is 10.6 Å². The van der Waals surface area contributed by atoms with Gasteiger partial charge in [0.15, 0.2) is 0 Å². The predicted molar refractivity (Wildman–Crippen MR) is 108 cm³/mol. The molecule has 3 aliphatic rings. The van der Waals surface area contributed by atoms with E-state index < -0.39 is 23.7 Å². The Bertz CT molecular complexity index is 1100. The van der Waals surface area contributed by atoms with Crippen LogP contribution in [0.3, 0.4) is 0 Å². The molecule has 0 spiro atoms. The molecule has 2 aliphatic carbocycles. The first-order valence-electron chi connectivity index (χ1n) is 10.2. The van der Waals surface area contributed by atoms with E-state index in [4.69, 9.17) is 0 Å². The fourth-order valence-corrected chi connectivity index (χ4v) is 4.38. The maximum Gasteiger partial charge on any atom is 0.291 e. The van der Waals surface area contributed by atoms with Gasteiger partial charge in [-0.2, -0.15) is 0 Å². The summed E-state index contributed by atoms with van der Waals surface area (Å²) in [6.45, 7) is 1.83. The SMILES string of the molecule is Cc1cc(F)c2c(c1)[C@H]1C[C@H]1[C@@H](NC(=O)c1n[nH]c(CC3=CCCC=C3)n1)C(=O)N2. The van der Waals surface area contributed by atoms with Gasteiger partial charge in [0, 0.05) is 6.42 Å². The fraction of sp³-hybridized carbons (Fsp3) is 0.364. The number of anilines is 1. The van der Waals surface area contributed by atoms with Gasteiger partial charge in [0.1, 0.15) is 17.7 Å². The van der Waals surface area contributed by atoms with Crippen molar-refractivity contribution in [2.24, 2.45) is 5.92 Å². The van der Waals surface area contributed by atoms with Crippen molar-refractivity contribution in [3.8, 4) is 0 Å². The molecule has 7 nitrogen and oxygen atoms in total. The van der Waals surface area contributed by atoms with Crippen molar-refractivity contribution < 1.29 is 14.0 Å². The number of benzene rings is 1. The van der Waals surface area contributed by atoms with Gasteiger partial charge in [0.25, 0.3) is 5.91 Å². The Morgan fingerprint density at radius 2 is 2.20 bits per heavy atom. The van der Waals surface area contributed by atoms with E-state index in [9.17, 15) is 14.0 Å². The van der Waals surface area contributed by atoms with Crippen molar-refractivity contribution in [1.29, 1.82) is 0 Å². The number of H-pyrrole nitrogens is 1. The third-order valence-electron chi connectivity index (χ3n) is 5.93. The summed E-state index contributed by atoms with van der Waals surface area (Å²) < 4.78 is 14.4. The predicted octanol–water partition coefficient (Wildman–Crippen LogP) is 2.93. The van der Waals surface area contributed by atoms with Crippen LogP contribution in [0.15, 0.2) is 35.9 Å². The number of aromatic amines is 1. The number of hydrogen-bond donors (Lipinski definition) is 3. The van der Waals surface area contributed by atoms with E-state index in [-0.39, 0.29) is 23.3 Å². The highest BCUT2D eigenvalue weighted by Gasteiger charge is 2.51. The molecule has 2 amide bonds. The number of aromatic nitrogens is 3. The number of nitrogens with zero attached hydrogens (tertiary/aromatic N) is 2. The molecule has 30 heavy (non-hydrogen) atoms. The van der Waals surface area contributed by atoms with Crippen molar-refractivity contribution in [2.45, 2.75) is 44.6 Å². The van der Waals surface area contributed by atoms with Crippen LogP contribution in [0.1, 0.15) is 52.8 Å². The largest absolute Gasteiger partial charge is 0.337 e. The molecular weight excluding hydrogens is 385 g/mol. The molecule has 8 heteroatoms. The molecule has 3 atom stereocenters. The monoisotopic (exact) mass is 407 g/mol. The Kier molecular flexibility index (Phi) is 4.49. The van der Waals surface area contributed by atoms with Gasteiger partial charge in [-0.3, -0.25) is 14.7 Å². The van der Waals surface area contributed by atoms with E-state index in [1.54, 1.807) is 0 Å². The van der Waals surface area contributed by atoms with Crippen LogP contribution in [-0.4, -0.2) is 33.0 Å². The highest BCUT2D eigenvalue weighted by atomic mass is 19.1. The van der Waals surface area contributed by atoms with Gasteiger partial charge in [-0.25, -0.2) is 9.37 Å². The molecule has 2 aromatic rings. The Balaban J connectivity index is 1.30. The van der Waals surface area contributed by atoms with Crippen LogP contribution >= 0.6 is 0 Å². The molecule has 1 saturated carbocycles. The molecule has 1 aliphatic heterocycles. The van der Waals surface area contributed by atoms with E-state index in [0.29, 0.717) is 12.2 Å². The van der Waals surface area contributed by atoms with Crippen LogP contribution in [0.5, 0.6) is 0 Å². The Morgan fingerprint density at radius 3 is 3.00 bits per heavy atom. The summed E-state index contributed by atoms with van der Waals surface area (Å²) in [5, 5.41) is 12.2. The van der Waals surface area contributed by atoms with Crippen molar-refractivity contribution in [2.75, 3.05) is 5.32 Å². The Hall–Kier alpha value is -3.29. The zero-order chi connectivity index (χ0) is 20.8. The number of allylic oxidation sites excluding steroid dienone is 4. The highest BCUT2D eigenvalue weighted by Crippen LogP contribution is 2.54. The number of hydrogen-bond acceptors (Lipinski definition) is 4. The molecule has 0 radical (unpaired) electrons. The first-order valence-corrected chi connectivity index (χ1v) is 10.2. The Morgan fingerprint density at radius 1 is 1.33 bits per heavy atom. The second kappa shape index (κ2) is 7.19. The average Bonchev–Trinajstić information content (AvgIpc) is 3.39. The number of rotatable bonds is 4. The number of amides is 2. The van der Waals surface area contributed by atoms with Crippen molar-refractivity contribution in [3.05, 3.63) is 64.5 Å². The summed E-state index contributed by atoms with van der Waals surface area (Å²) in [5.41, 5.74) is 2.97. The fourth-order valence-electron chi connectivity index (χ4n) is 4.38. The van der Waals surface area contributed by atoms with Gasteiger partial charge in [-0.1, -0.05) is 24.3 Å². The lowest BCUT2D eigenvalue weighted by Gasteiger charge is -2.16. The topological polar surface area (TPSA) is 99.8 Å². The summed E-state index contributed by atoms with van der Waals surface area (Å²) in [4.78, 5) is 29.7. The molecule has 2 heterocycles. The van der Waals surface area contributed by atoms with Crippen molar-refractivity contribution in [1.82, 2.24) is 20.5 Å². The number of fused-ring (bicyclic) bond motifs is 3. The van der Waals surface area contributed by atoms with E-state index in [2.05, 4.69) is 38.0 Å². The molecule has 0 bridgehead atoms. The standard InChI is InChI=1S/C22H22FN5O2/c1-11-7-14-13-10-15(13)19(21(29)25-18(14)16(23)8-11)26-22(30)20-24-17(27-28-20)9-12-5-3-2-4-6-12/h3,5-8,13,15,19H,2,4,9-10H2,1H3,(H,25,29)(H,26,30)(H,24,27,28)/t13-,15-,19-/m1/s1. The molecular formula is C22H22FN5O2. The molecule has 3 N–H and O–H groups in total. The number of aryl methyl sites for hydroxylation is 1. The summed E-state index contributed by atoms with van der Waals surface area (Å²) in [6.07, 6.45) is 9.63. The molecule has 154 valence electrons. The van der Waals surface area contributed by atoms with Crippen LogP contribution in [0.25, 0.3) is 0 Å². The summed E-state index contributed by atoms with van der Waals surface area (Å²) in [7, 11) is 0. The summed E-state index contributed by atoms with van der Waals surface area (Å²) in [5.74, 6) is -0.791. The van der Waals surface area contributed by atoms with Crippen LogP contribution in [0.2, 0.25) is 0 Å². The van der Waals surface area contributed by atoms with Gasteiger partial charge in [-0.05, 0) is 60.8 Å². The molecule has 0 unspecified atom stereocenters. The third kappa shape index (κ3) is 3.42. The minimum Gasteiger partial charge on any atom is -0.337 e. The lowest BCUT2D eigenvalue weighted by atomic mass is 10.0. The zero-order valence-corrected chi connectivity index (χ0v) is 16.5. The lowest BCUT2D eigenvalue weighted by Crippen LogP contribution is -2.45. The molecule has 1 aromatic carbocycles. The second-order valence-corrected chi connectivity index (χ2v) is 8.20. The van der Waals surface area contributed by atoms with Gasteiger partial charge in [-0.15, -0.1) is 5.10 Å². The maximum absolute atomic E-state index is 14.4. The first-order chi connectivity index (χ1) is 14.5. The average molecular weight is 407 g/mol. The number of carbonyl (C=O) groups excluding carboxylic acids is 2. The minimum atomic E-state index is -0.749. The summed E-state index contributed by atoms with van der Waals surface area (Å²) in [6, 6.07) is 2.56. The normalized spacial score (nSPS) is 24.3. The smallest absolute Gasteiger partial charge is 0.291 e. The van der Waals surface area contributed by atoms with Gasteiger partial charge in [0.05, 0.1) is 5.69 Å². The van der Waals surface area contributed by atoms with Crippen molar-refractivity contribution >= 4 is 17.5 Å². The third-order valence-corrected chi connectivity index (χ3v) is 5.93. The quantitative estimate of drug-likeness (QED) is 0.726. The first kappa shape index (κ1) is 18.7. The highest BCUT2D eigenvalue weighted by molar-refractivity contribution is 6.01. The van der Waals surface area contributed by atoms with Crippen LogP contribution < -0.4 is 10.6 Å². The minimum absolute atomic E-state index is 0.000764. The van der Waals surface area contributed by atoms with Gasteiger partial charge >= 0.3 is 0 Å². The molecule has 5 rings (SSSR count). The van der Waals surface area contributed by atoms with Crippen LogP contribution in [0, 0.1) is 18.7 Å². The summed E-state index contributed by atoms with van der Waals surface area (Å²) >= 11 is 0. The van der Waals surface area contributed by atoms with Crippen LogP contribution in [0.4, 0.5) is 10.1 Å². The second-order valence-electron chi connectivity index (χ2n) is 8.20. The lowest BCUT2D eigenvalue weighted by molar-refractivity contribution is -0.118. The molecule has 0 saturated heterocycles. The zero-order valence-electron chi connectivity index (χ0n) is 16.5. The van der Waals surface area contributed by atoms with Crippen LogP contribution in [-0.2, 0) is 11.2 Å². The van der Waals surface area contributed by atoms with E-state index in [0.717, 1.165) is 36.0 Å². The Labute approximate surface area is 172 Å². The van der Waals surface area contributed by atoms with Gasteiger partial charge in [0.2, 0.25) is 11.7 Å². The van der Waals surface area contributed by atoms with E-state index in [1.807, 2.05) is 19.1 Å². The maximum atomic E-state index is 14.4. The van der Waals surface area contributed by atoms with E-state index >= 15 is 0 Å².